The van der Waals surface area contributed by atoms with Crippen molar-refractivity contribution in [1.82, 2.24) is 14.8 Å². The summed E-state index contributed by atoms with van der Waals surface area (Å²) in [4.78, 5) is 3.99. The SMILES string of the molecule is Nc1cccc(-c2cnn(-c3ccncc3)c2)c1. The number of benzene rings is 1. The first-order chi connectivity index (χ1) is 8.83. The molecule has 0 unspecified atom stereocenters. The Bertz CT molecular complexity index is 658. The van der Waals surface area contributed by atoms with Crippen LogP contribution in [0.3, 0.4) is 0 Å². The Morgan fingerprint density at radius 3 is 2.61 bits per heavy atom. The zero-order valence-electron chi connectivity index (χ0n) is 9.69. The van der Waals surface area contributed by atoms with Crippen LogP contribution in [0.1, 0.15) is 0 Å². The predicted octanol–water partition coefficient (Wildman–Crippen LogP) is 2.52. The van der Waals surface area contributed by atoms with Gasteiger partial charge >= 0.3 is 0 Å². The summed E-state index contributed by atoms with van der Waals surface area (Å²) in [6, 6.07) is 11.6. The van der Waals surface area contributed by atoms with Crippen LogP contribution in [0.2, 0.25) is 0 Å². The molecule has 0 aliphatic rings. The first-order valence-electron chi connectivity index (χ1n) is 5.64. The first kappa shape index (κ1) is 10.5. The largest absolute Gasteiger partial charge is 0.399 e. The van der Waals surface area contributed by atoms with Crippen molar-refractivity contribution < 1.29 is 0 Å². The molecule has 0 aliphatic carbocycles. The minimum atomic E-state index is 0.754. The number of rotatable bonds is 2. The molecule has 1 aromatic carbocycles. The minimum absolute atomic E-state index is 0.754. The number of pyridine rings is 1. The second kappa shape index (κ2) is 4.33. The number of hydrogen-bond donors (Lipinski definition) is 1. The van der Waals surface area contributed by atoms with Gasteiger partial charge in [-0.05, 0) is 29.8 Å². The summed E-state index contributed by atoms with van der Waals surface area (Å²) < 4.78 is 1.82. The summed E-state index contributed by atoms with van der Waals surface area (Å²) in [6.07, 6.45) is 7.30. The minimum Gasteiger partial charge on any atom is -0.399 e. The molecular formula is C14H12N4. The first-order valence-corrected chi connectivity index (χ1v) is 5.64. The second-order valence-corrected chi connectivity index (χ2v) is 4.00. The van der Waals surface area contributed by atoms with Gasteiger partial charge in [0.2, 0.25) is 0 Å². The molecule has 0 aliphatic heterocycles. The Balaban J connectivity index is 2.00. The van der Waals surface area contributed by atoms with Gasteiger partial charge in [-0.15, -0.1) is 0 Å². The fraction of sp³-hybridized carbons (Fsp3) is 0. The van der Waals surface area contributed by atoms with Gasteiger partial charge in [0.1, 0.15) is 0 Å². The maximum absolute atomic E-state index is 5.78. The molecule has 3 aromatic rings. The van der Waals surface area contributed by atoms with Crippen LogP contribution in [0.5, 0.6) is 0 Å². The monoisotopic (exact) mass is 236 g/mol. The van der Waals surface area contributed by atoms with Gasteiger partial charge in [0.15, 0.2) is 0 Å². The molecule has 0 saturated carbocycles. The third-order valence-corrected chi connectivity index (χ3v) is 2.73. The molecule has 0 fully saturated rings. The Morgan fingerprint density at radius 1 is 1.00 bits per heavy atom. The molecule has 2 aromatic heterocycles. The van der Waals surface area contributed by atoms with Crippen LogP contribution < -0.4 is 5.73 Å². The standard InChI is InChI=1S/C14H12N4/c15-13-3-1-2-11(8-13)12-9-17-18(10-12)14-4-6-16-7-5-14/h1-10H,15H2. The van der Waals surface area contributed by atoms with E-state index in [1.807, 2.05) is 53.5 Å². The zero-order chi connectivity index (χ0) is 12.4. The molecule has 0 amide bonds. The smallest absolute Gasteiger partial charge is 0.0676 e. The predicted molar refractivity (Wildman–Crippen MR) is 71.2 cm³/mol. The van der Waals surface area contributed by atoms with Crippen LogP contribution in [0.25, 0.3) is 16.8 Å². The number of anilines is 1. The van der Waals surface area contributed by atoms with Crippen molar-refractivity contribution >= 4 is 5.69 Å². The highest BCUT2D eigenvalue weighted by Crippen LogP contribution is 2.21. The van der Waals surface area contributed by atoms with Gasteiger partial charge in [-0.3, -0.25) is 4.98 Å². The van der Waals surface area contributed by atoms with Gasteiger partial charge in [-0.2, -0.15) is 5.10 Å². The number of aromatic nitrogens is 3. The summed E-state index contributed by atoms with van der Waals surface area (Å²) in [5.41, 5.74) is 9.62. The molecule has 3 rings (SSSR count). The van der Waals surface area contributed by atoms with E-state index >= 15 is 0 Å². The van der Waals surface area contributed by atoms with Crippen LogP contribution in [-0.2, 0) is 0 Å². The van der Waals surface area contributed by atoms with Gasteiger partial charge in [-0.1, -0.05) is 12.1 Å². The topological polar surface area (TPSA) is 56.7 Å². The van der Waals surface area contributed by atoms with Crippen LogP contribution in [0.4, 0.5) is 5.69 Å². The average molecular weight is 236 g/mol. The third kappa shape index (κ3) is 1.96. The Hall–Kier alpha value is -2.62. The third-order valence-electron chi connectivity index (χ3n) is 2.73. The fourth-order valence-electron chi connectivity index (χ4n) is 1.83. The summed E-state index contributed by atoms with van der Waals surface area (Å²) in [7, 11) is 0. The lowest BCUT2D eigenvalue weighted by Gasteiger charge is -2.00. The number of hydrogen-bond acceptors (Lipinski definition) is 3. The summed E-state index contributed by atoms with van der Waals surface area (Å²) >= 11 is 0. The van der Waals surface area contributed by atoms with Crippen molar-refractivity contribution in [3.8, 4) is 16.8 Å². The van der Waals surface area contributed by atoms with Crippen molar-refractivity contribution in [1.29, 1.82) is 0 Å². The van der Waals surface area contributed by atoms with E-state index in [4.69, 9.17) is 5.73 Å². The lowest BCUT2D eigenvalue weighted by Crippen LogP contribution is -1.93. The van der Waals surface area contributed by atoms with E-state index in [0.29, 0.717) is 0 Å². The zero-order valence-corrected chi connectivity index (χ0v) is 9.69. The molecule has 0 bridgehead atoms. The summed E-state index contributed by atoms with van der Waals surface area (Å²) in [5, 5.41) is 4.34. The molecule has 4 heteroatoms. The van der Waals surface area contributed by atoms with Crippen molar-refractivity contribution in [2.45, 2.75) is 0 Å². The summed E-state index contributed by atoms with van der Waals surface area (Å²) in [5.74, 6) is 0. The maximum atomic E-state index is 5.78. The molecule has 2 N–H and O–H groups in total. The van der Waals surface area contributed by atoms with Crippen LogP contribution in [0, 0.1) is 0 Å². The Kier molecular flexibility index (Phi) is 2.53. The van der Waals surface area contributed by atoms with Crippen molar-refractivity contribution in [3.63, 3.8) is 0 Å². The molecule has 2 heterocycles. The van der Waals surface area contributed by atoms with E-state index < -0.39 is 0 Å². The quantitative estimate of drug-likeness (QED) is 0.695. The number of nitrogens with zero attached hydrogens (tertiary/aromatic N) is 3. The van der Waals surface area contributed by atoms with Gasteiger partial charge in [-0.25, -0.2) is 4.68 Å². The van der Waals surface area contributed by atoms with E-state index in [9.17, 15) is 0 Å². The summed E-state index contributed by atoms with van der Waals surface area (Å²) in [6.45, 7) is 0. The normalized spacial score (nSPS) is 10.4. The van der Waals surface area contributed by atoms with Crippen LogP contribution in [0.15, 0.2) is 61.2 Å². The highest BCUT2D eigenvalue weighted by Gasteiger charge is 2.03. The highest BCUT2D eigenvalue weighted by atomic mass is 15.3. The molecular weight excluding hydrogens is 224 g/mol. The van der Waals surface area contributed by atoms with Gasteiger partial charge in [0, 0.05) is 29.8 Å². The van der Waals surface area contributed by atoms with Crippen LogP contribution in [-0.4, -0.2) is 14.8 Å². The molecule has 88 valence electrons. The van der Waals surface area contributed by atoms with E-state index in [-0.39, 0.29) is 0 Å². The van der Waals surface area contributed by atoms with E-state index in [1.54, 1.807) is 12.4 Å². The lowest BCUT2D eigenvalue weighted by atomic mass is 10.1. The molecule has 0 saturated heterocycles. The van der Waals surface area contributed by atoms with Crippen LogP contribution >= 0.6 is 0 Å². The molecule has 0 radical (unpaired) electrons. The maximum Gasteiger partial charge on any atom is 0.0676 e. The number of nitrogen functional groups attached to an aromatic ring is 1. The Labute approximate surface area is 105 Å². The average Bonchev–Trinajstić information content (AvgIpc) is 2.89. The van der Waals surface area contributed by atoms with Crippen molar-refractivity contribution in [3.05, 3.63) is 61.2 Å². The second-order valence-electron chi connectivity index (χ2n) is 4.00. The lowest BCUT2D eigenvalue weighted by molar-refractivity contribution is 0.878. The highest BCUT2D eigenvalue weighted by molar-refractivity contribution is 5.66. The van der Waals surface area contributed by atoms with E-state index in [1.165, 1.54) is 0 Å². The number of nitrogens with two attached hydrogens (primary N) is 1. The molecule has 0 atom stereocenters. The molecule has 18 heavy (non-hydrogen) atoms. The van der Waals surface area contributed by atoms with E-state index in [0.717, 1.165) is 22.5 Å². The van der Waals surface area contributed by atoms with Crippen molar-refractivity contribution in [2.75, 3.05) is 5.73 Å². The van der Waals surface area contributed by atoms with Crippen molar-refractivity contribution in [2.24, 2.45) is 0 Å². The molecule has 4 nitrogen and oxygen atoms in total. The Morgan fingerprint density at radius 2 is 1.83 bits per heavy atom. The van der Waals surface area contributed by atoms with Gasteiger partial charge in [0.25, 0.3) is 0 Å². The van der Waals surface area contributed by atoms with Gasteiger partial charge < -0.3 is 5.73 Å². The fourth-order valence-corrected chi connectivity index (χ4v) is 1.83. The molecule has 0 spiro atoms. The van der Waals surface area contributed by atoms with E-state index in [2.05, 4.69) is 10.1 Å². The van der Waals surface area contributed by atoms with Gasteiger partial charge in [0.05, 0.1) is 11.9 Å².